The minimum atomic E-state index is -4.78. The molecule has 1 aromatic carbocycles. The molecule has 110 valence electrons. The first-order chi connectivity index (χ1) is 9.36. The second kappa shape index (κ2) is 5.78. The van der Waals surface area contributed by atoms with Gasteiger partial charge in [0.15, 0.2) is 0 Å². The Morgan fingerprint density at radius 3 is 2.75 bits per heavy atom. The van der Waals surface area contributed by atoms with E-state index in [4.69, 9.17) is 0 Å². The Morgan fingerprint density at radius 2 is 2.15 bits per heavy atom. The summed E-state index contributed by atoms with van der Waals surface area (Å²) in [5.74, 6) is -1.74. The van der Waals surface area contributed by atoms with Gasteiger partial charge in [-0.15, -0.1) is 0 Å². The lowest BCUT2D eigenvalue weighted by Gasteiger charge is -2.13. The fraction of sp³-hybridized carbons (Fsp3) is 0.462. The van der Waals surface area contributed by atoms with Crippen LogP contribution in [0.4, 0.5) is 23.2 Å². The van der Waals surface area contributed by atoms with Gasteiger partial charge < -0.3 is 10.6 Å². The van der Waals surface area contributed by atoms with Gasteiger partial charge in [0.05, 0.1) is 5.56 Å². The summed E-state index contributed by atoms with van der Waals surface area (Å²) in [7, 11) is 0. The fourth-order valence-corrected chi connectivity index (χ4v) is 2.19. The normalized spacial score (nSPS) is 19.1. The van der Waals surface area contributed by atoms with Gasteiger partial charge in [0, 0.05) is 18.2 Å². The van der Waals surface area contributed by atoms with Gasteiger partial charge in [-0.3, -0.25) is 4.79 Å². The highest BCUT2D eigenvalue weighted by molar-refractivity contribution is 5.91. The zero-order chi connectivity index (χ0) is 14.8. The first-order valence-electron chi connectivity index (χ1n) is 6.26. The summed E-state index contributed by atoms with van der Waals surface area (Å²) in [6.45, 7) is 0.840. The molecule has 1 heterocycles. The van der Waals surface area contributed by atoms with Crippen LogP contribution in [0.15, 0.2) is 18.2 Å². The van der Waals surface area contributed by atoms with E-state index in [2.05, 4.69) is 10.6 Å². The number of anilines is 1. The predicted octanol–water partition coefficient (Wildman–Crippen LogP) is 2.93. The van der Waals surface area contributed by atoms with Gasteiger partial charge in [-0.2, -0.15) is 13.2 Å². The maximum Gasteiger partial charge on any atom is 0.419 e. The fourth-order valence-electron chi connectivity index (χ4n) is 2.19. The molecule has 1 saturated heterocycles. The minimum Gasteiger partial charge on any atom is -0.326 e. The molecule has 0 aromatic heterocycles. The largest absolute Gasteiger partial charge is 0.419 e. The first kappa shape index (κ1) is 14.8. The van der Waals surface area contributed by atoms with E-state index in [0.717, 1.165) is 25.5 Å². The van der Waals surface area contributed by atoms with Gasteiger partial charge in [-0.05, 0) is 37.6 Å². The van der Waals surface area contributed by atoms with Crippen molar-refractivity contribution in [1.29, 1.82) is 0 Å². The first-order valence-corrected chi connectivity index (χ1v) is 6.26. The van der Waals surface area contributed by atoms with E-state index in [9.17, 15) is 22.4 Å². The highest BCUT2D eigenvalue weighted by atomic mass is 19.4. The molecule has 0 saturated carbocycles. The maximum atomic E-state index is 13.1. The van der Waals surface area contributed by atoms with Crippen molar-refractivity contribution in [3.8, 4) is 0 Å². The van der Waals surface area contributed by atoms with E-state index in [1.165, 1.54) is 0 Å². The Hall–Kier alpha value is -1.63. The molecule has 0 bridgehead atoms. The summed E-state index contributed by atoms with van der Waals surface area (Å²) in [6, 6.07) is 2.48. The summed E-state index contributed by atoms with van der Waals surface area (Å²) < 4.78 is 50.7. The number of halogens is 4. The number of benzene rings is 1. The summed E-state index contributed by atoms with van der Waals surface area (Å²) >= 11 is 0. The van der Waals surface area contributed by atoms with Crippen LogP contribution in [0, 0.1) is 5.82 Å². The van der Waals surface area contributed by atoms with Gasteiger partial charge in [0.25, 0.3) is 0 Å². The van der Waals surface area contributed by atoms with Crippen LogP contribution in [0.2, 0.25) is 0 Å². The number of hydrogen-bond donors (Lipinski definition) is 2. The van der Waals surface area contributed by atoms with Crippen molar-refractivity contribution in [1.82, 2.24) is 5.32 Å². The van der Waals surface area contributed by atoms with E-state index in [-0.39, 0.29) is 24.1 Å². The lowest BCUT2D eigenvalue weighted by molar-refractivity contribution is -0.140. The van der Waals surface area contributed by atoms with Gasteiger partial charge in [0.1, 0.15) is 5.82 Å². The maximum absolute atomic E-state index is 13.1. The van der Waals surface area contributed by atoms with Crippen LogP contribution in [0.5, 0.6) is 0 Å². The average molecular weight is 290 g/mol. The van der Waals surface area contributed by atoms with Gasteiger partial charge in [-0.1, -0.05) is 0 Å². The van der Waals surface area contributed by atoms with Gasteiger partial charge in [-0.25, -0.2) is 4.39 Å². The molecule has 1 aliphatic rings. The molecule has 20 heavy (non-hydrogen) atoms. The van der Waals surface area contributed by atoms with Crippen LogP contribution in [-0.4, -0.2) is 18.5 Å². The Morgan fingerprint density at radius 1 is 1.40 bits per heavy atom. The zero-order valence-electron chi connectivity index (χ0n) is 10.6. The van der Waals surface area contributed by atoms with Crippen molar-refractivity contribution in [2.75, 3.05) is 11.9 Å². The number of carbonyl (C=O) groups is 1. The summed E-state index contributed by atoms with van der Waals surface area (Å²) in [6.07, 6.45) is -2.74. The van der Waals surface area contributed by atoms with Crippen LogP contribution in [-0.2, 0) is 11.0 Å². The standard InChI is InChI=1S/C13H14F4N2O/c14-11-4-3-9(6-10(11)13(15,16)17)19-12(20)7-8-2-1-5-18-8/h3-4,6,8,18H,1-2,5,7H2,(H,19,20). The molecule has 0 spiro atoms. The Labute approximate surface area is 113 Å². The molecule has 0 aliphatic carbocycles. The van der Waals surface area contributed by atoms with Crippen LogP contribution >= 0.6 is 0 Å². The van der Waals surface area contributed by atoms with Crippen molar-refractivity contribution in [2.45, 2.75) is 31.5 Å². The molecule has 3 nitrogen and oxygen atoms in total. The van der Waals surface area contributed by atoms with Crippen LogP contribution in [0.1, 0.15) is 24.8 Å². The van der Waals surface area contributed by atoms with Crippen molar-refractivity contribution in [3.05, 3.63) is 29.6 Å². The molecule has 1 fully saturated rings. The van der Waals surface area contributed by atoms with E-state index in [1.54, 1.807) is 0 Å². The molecule has 1 atom stereocenters. The predicted molar refractivity (Wildman–Crippen MR) is 65.7 cm³/mol. The molecule has 1 aromatic rings. The number of carbonyl (C=O) groups excluding carboxylic acids is 1. The van der Waals surface area contributed by atoms with Crippen molar-refractivity contribution < 1.29 is 22.4 Å². The summed E-state index contributed by atoms with van der Waals surface area (Å²) in [4.78, 5) is 11.7. The molecule has 1 amide bonds. The molecular weight excluding hydrogens is 276 g/mol. The minimum absolute atomic E-state index is 0.0533. The number of alkyl halides is 3. The second-order valence-corrected chi connectivity index (χ2v) is 4.74. The highest BCUT2D eigenvalue weighted by Gasteiger charge is 2.34. The molecule has 0 radical (unpaired) electrons. The van der Waals surface area contributed by atoms with E-state index >= 15 is 0 Å². The van der Waals surface area contributed by atoms with E-state index in [0.29, 0.717) is 12.1 Å². The number of nitrogens with one attached hydrogen (secondary N) is 2. The molecule has 2 rings (SSSR count). The lowest BCUT2D eigenvalue weighted by Crippen LogP contribution is -2.27. The molecule has 2 N–H and O–H groups in total. The summed E-state index contributed by atoms with van der Waals surface area (Å²) in [5, 5.41) is 5.48. The van der Waals surface area contributed by atoms with Crippen LogP contribution in [0.25, 0.3) is 0 Å². The second-order valence-electron chi connectivity index (χ2n) is 4.74. The SMILES string of the molecule is O=C(CC1CCCN1)Nc1ccc(F)c(C(F)(F)F)c1. The van der Waals surface area contributed by atoms with E-state index < -0.39 is 17.6 Å². The van der Waals surface area contributed by atoms with Crippen molar-refractivity contribution >= 4 is 11.6 Å². The quantitative estimate of drug-likeness (QED) is 0.840. The third kappa shape index (κ3) is 3.69. The Bertz CT molecular complexity index is 496. The highest BCUT2D eigenvalue weighted by Crippen LogP contribution is 2.33. The smallest absolute Gasteiger partial charge is 0.326 e. The molecule has 1 aliphatic heterocycles. The topological polar surface area (TPSA) is 41.1 Å². The number of amides is 1. The Balaban J connectivity index is 2.04. The number of hydrogen-bond acceptors (Lipinski definition) is 2. The zero-order valence-corrected chi connectivity index (χ0v) is 10.6. The van der Waals surface area contributed by atoms with Crippen LogP contribution < -0.4 is 10.6 Å². The van der Waals surface area contributed by atoms with Gasteiger partial charge in [0.2, 0.25) is 5.91 Å². The lowest BCUT2D eigenvalue weighted by atomic mass is 10.1. The van der Waals surface area contributed by atoms with Crippen molar-refractivity contribution in [2.24, 2.45) is 0 Å². The third-order valence-electron chi connectivity index (χ3n) is 3.15. The van der Waals surface area contributed by atoms with E-state index in [1.807, 2.05) is 0 Å². The van der Waals surface area contributed by atoms with Crippen LogP contribution in [0.3, 0.4) is 0 Å². The van der Waals surface area contributed by atoms with Gasteiger partial charge >= 0.3 is 6.18 Å². The number of rotatable bonds is 3. The molecule has 7 heteroatoms. The molecule has 1 unspecified atom stereocenters. The monoisotopic (exact) mass is 290 g/mol. The summed E-state index contributed by atoms with van der Waals surface area (Å²) in [5.41, 5.74) is -1.43. The third-order valence-corrected chi connectivity index (χ3v) is 3.15. The Kier molecular flexibility index (Phi) is 4.27. The van der Waals surface area contributed by atoms with Crippen molar-refractivity contribution in [3.63, 3.8) is 0 Å². The average Bonchev–Trinajstić information content (AvgIpc) is 2.83. The molecular formula is C13H14F4N2O.